The molecule has 1 heterocycles. The van der Waals surface area contributed by atoms with Crippen LogP contribution in [-0.2, 0) is 18.4 Å². The molecule has 0 aliphatic heterocycles. The van der Waals surface area contributed by atoms with Gasteiger partial charge in [-0.2, -0.15) is 0 Å². The number of nitrogens with zero attached hydrogens (tertiary/aromatic N) is 3. The number of aryl methyl sites for hydroxylation is 1. The lowest BCUT2D eigenvalue weighted by Crippen LogP contribution is -2.50. The number of nitrogens with one attached hydrogen (secondary N) is 1. The summed E-state index contributed by atoms with van der Waals surface area (Å²) in [6.07, 6.45) is 9.42. The van der Waals surface area contributed by atoms with E-state index < -0.39 is 0 Å². The van der Waals surface area contributed by atoms with Crippen molar-refractivity contribution in [1.29, 1.82) is 0 Å². The van der Waals surface area contributed by atoms with Crippen LogP contribution < -0.4 is 5.32 Å². The molecule has 0 spiro atoms. The number of anilines is 1. The molecule has 0 radical (unpaired) electrons. The molecule has 0 atom stereocenters. The van der Waals surface area contributed by atoms with E-state index in [1.807, 2.05) is 71.6 Å². The maximum absolute atomic E-state index is 13.6. The summed E-state index contributed by atoms with van der Waals surface area (Å²) in [6, 6.07) is 18.3. The Kier molecular flexibility index (Phi) is 6.57. The molecule has 0 bridgehead atoms. The number of fused-ring (bicyclic) bond motifs is 1. The van der Waals surface area contributed by atoms with Gasteiger partial charge >= 0.3 is 6.03 Å². The van der Waals surface area contributed by atoms with Crippen molar-refractivity contribution in [3.8, 4) is 0 Å². The molecule has 34 heavy (non-hydrogen) atoms. The van der Waals surface area contributed by atoms with E-state index in [1.54, 1.807) is 0 Å². The van der Waals surface area contributed by atoms with Crippen LogP contribution in [0.15, 0.2) is 60.8 Å². The minimum atomic E-state index is -0.175. The molecule has 0 unspecified atom stereocenters. The van der Waals surface area contributed by atoms with Crippen molar-refractivity contribution < 1.29 is 9.59 Å². The van der Waals surface area contributed by atoms with Crippen molar-refractivity contribution in [2.24, 2.45) is 7.05 Å². The molecule has 2 aliphatic carbocycles. The Morgan fingerprint density at radius 2 is 1.62 bits per heavy atom. The van der Waals surface area contributed by atoms with Gasteiger partial charge in [0, 0.05) is 36.4 Å². The predicted molar refractivity (Wildman–Crippen MR) is 136 cm³/mol. The van der Waals surface area contributed by atoms with E-state index in [9.17, 15) is 9.59 Å². The summed E-state index contributed by atoms with van der Waals surface area (Å²) < 4.78 is 2.06. The Labute approximate surface area is 201 Å². The van der Waals surface area contributed by atoms with Crippen LogP contribution in [0.2, 0.25) is 0 Å². The van der Waals surface area contributed by atoms with Gasteiger partial charge in [0.1, 0.15) is 6.54 Å². The standard InChI is InChI=1S/C28H34N4O2/c1-30-18-8-13-24(30)19-31(23-16-17-23)27(33)20-32(22-11-3-2-4-12-22)28(34)29-26-15-7-10-21-9-5-6-14-25(21)26/h5-10,13-15,18,22-23H,2-4,11-12,16-17,19-20H2,1H3,(H,29,34). The smallest absolute Gasteiger partial charge is 0.322 e. The van der Waals surface area contributed by atoms with Crippen LogP contribution in [-0.4, -0.2) is 44.9 Å². The van der Waals surface area contributed by atoms with Gasteiger partial charge in [-0.1, -0.05) is 55.7 Å². The summed E-state index contributed by atoms with van der Waals surface area (Å²) in [5.41, 5.74) is 1.91. The Morgan fingerprint density at radius 1 is 0.882 bits per heavy atom. The van der Waals surface area contributed by atoms with E-state index in [1.165, 1.54) is 6.42 Å². The molecule has 1 N–H and O–H groups in total. The maximum atomic E-state index is 13.6. The van der Waals surface area contributed by atoms with Crippen LogP contribution in [0.1, 0.15) is 50.6 Å². The van der Waals surface area contributed by atoms with E-state index in [0.717, 1.165) is 60.7 Å². The summed E-state index contributed by atoms with van der Waals surface area (Å²) >= 11 is 0. The fourth-order valence-electron chi connectivity index (χ4n) is 5.16. The second-order valence-electron chi connectivity index (χ2n) is 9.74. The number of carbonyl (C=O) groups excluding carboxylic acids is 2. The van der Waals surface area contributed by atoms with E-state index in [0.29, 0.717) is 6.54 Å². The number of hydrogen-bond acceptors (Lipinski definition) is 2. The number of aromatic nitrogens is 1. The van der Waals surface area contributed by atoms with Crippen LogP contribution in [0, 0.1) is 0 Å². The first-order chi connectivity index (χ1) is 16.6. The van der Waals surface area contributed by atoms with E-state index in [2.05, 4.69) is 16.0 Å². The molecule has 2 aliphatic rings. The molecule has 0 saturated heterocycles. The molecule has 2 aromatic carbocycles. The lowest BCUT2D eigenvalue weighted by Gasteiger charge is -2.35. The highest BCUT2D eigenvalue weighted by Crippen LogP contribution is 2.30. The van der Waals surface area contributed by atoms with Gasteiger partial charge in [0.25, 0.3) is 0 Å². The molecule has 5 rings (SSSR count). The van der Waals surface area contributed by atoms with Gasteiger partial charge in [-0.25, -0.2) is 4.79 Å². The Balaban J connectivity index is 1.36. The summed E-state index contributed by atoms with van der Waals surface area (Å²) in [5, 5.41) is 5.24. The number of carbonyl (C=O) groups is 2. The van der Waals surface area contributed by atoms with Gasteiger partial charge in [-0.05, 0) is 49.3 Å². The number of benzene rings is 2. The molecular formula is C28H34N4O2. The van der Waals surface area contributed by atoms with Crippen LogP contribution in [0.3, 0.4) is 0 Å². The molecule has 2 saturated carbocycles. The van der Waals surface area contributed by atoms with E-state index in [4.69, 9.17) is 0 Å². The number of hydrogen-bond donors (Lipinski definition) is 1. The topological polar surface area (TPSA) is 57.6 Å². The minimum absolute atomic E-state index is 0.0438. The van der Waals surface area contributed by atoms with Crippen molar-refractivity contribution in [3.05, 3.63) is 66.5 Å². The fourth-order valence-corrected chi connectivity index (χ4v) is 5.16. The van der Waals surface area contributed by atoms with Gasteiger partial charge in [-0.15, -0.1) is 0 Å². The lowest BCUT2D eigenvalue weighted by atomic mass is 9.94. The summed E-state index contributed by atoms with van der Waals surface area (Å²) in [5.74, 6) is 0.0438. The predicted octanol–water partition coefficient (Wildman–Crippen LogP) is 5.54. The molecule has 1 aromatic heterocycles. The molecule has 178 valence electrons. The van der Waals surface area contributed by atoms with Crippen LogP contribution in [0.25, 0.3) is 10.8 Å². The normalized spacial score (nSPS) is 16.4. The SMILES string of the molecule is Cn1cccc1CN(C(=O)CN(C(=O)Nc1cccc2ccccc12)C1CCCCC1)C1CC1. The molecule has 6 nitrogen and oxygen atoms in total. The number of urea groups is 1. The zero-order chi connectivity index (χ0) is 23.5. The molecular weight excluding hydrogens is 424 g/mol. The van der Waals surface area contributed by atoms with Gasteiger partial charge in [0.2, 0.25) is 5.91 Å². The molecule has 3 aromatic rings. The van der Waals surface area contributed by atoms with Crippen molar-refractivity contribution in [3.63, 3.8) is 0 Å². The van der Waals surface area contributed by atoms with Gasteiger partial charge in [0.15, 0.2) is 0 Å². The number of rotatable bonds is 7. The highest BCUT2D eigenvalue weighted by molar-refractivity contribution is 6.02. The first-order valence-corrected chi connectivity index (χ1v) is 12.6. The molecule has 2 fully saturated rings. The molecule has 3 amide bonds. The van der Waals surface area contributed by atoms with Crippen molar-refractivity contribution >= 4 is 28.4 Å². The summed E-state index contributed by atoms with van der Waals surface area (Å²) in [7, 11) is 2.01. The third-order valence-electron chi connectivity index (χ3n) is 7.30. The second-order valence-corrected chi connectivity index (χ2v) is 9.74. The summed E-state index contributed by atoms with van der Waals surface area (Å²) in [4.78, 5) is 31.0. The van der Waals surface area contributed by atoms with Crippen LogP contribution in [0.4, 0.5) is 10.5 Å². The average molecular weight is 459 g/mol. The largest absolute Gasteiger partial charge is 0.353 e. The summed E-state index contributed by atoms with van der Waals surface area (Å²) in [6.45, 7) is 0.721. The second kappa shape index (κ2) is 9.92. The average Bonchev–Trinajstić information content (AvgIpc) is 3.62. The third kappa shape index (κ3) is 4.96. The van der Waals surface area contributed by atoms with E-state index >= 15 is 0 Å². The first kappa shape index (κ1) is 22.5. The fraction of sp³-hybridized carbons (Fsp3) is 0.429. The van der Waals surface area contributed by atoms with Crippen molar-refractivity contribution in [2.45, 2.75) is 63.6 Å². The minimum Gasteiger partial charge on any atom is -0.353 e. The monoisotopic (exact) mass is 458 g/mol. The van der Waals surface area contributed by atoms with Crippen molar-refractivity contribution in [1.82, 2.24) is 14.4 Å². The Bertz CT molecular complexity index is 1150. The Hall–Kier alpha value is -3.28. The third-order valence-corrected chi connectivity index (χ3v) is 7.30. The van der Waals surface area contributed by atoms with Gasteiger partial charge in [0.05, 0.1) is 12.2 Å². The first-order valence-electron chi connectivity index (χ1n) is 12.6. The van der Waals surface area contributed by atoms with Crippen LogP contribution in [0.5, 0.6) is 0 Å². The lowest BCUT2D eigenvalue weighted by molar-refractivity contribution is -0.133. The Morgan fingerprint density at radius 3 is 2.35 bits per heavy atom. The van der Waals surface area contributed by atoms with Gasteiger partial charge < -0.3 is 19.7 Å². The highest BCUT2D eigenvalue weighted by Gasteiger charge is 2.36. The quantitative estimate of drug-likeness (QED) is 0.506. The maximum Gasteiger partial charge on any atom is 0.322 e. The molecule has 6 heteroatoms. The highest BCUT2D eigenvalue weighted by atomic mass is 16.2. The van der Waals surface area contributed by atoms with Crippen molar-refractivity contribution in [2.75, 3.05) is 11.9 Å². The zero-order valence-electron chi connectivity index (χ0n) is 20.0. The van der Waals surface area contributed by atoms with E-state index in [-0.39, 0.29) is 30.6 Å². The van der Waals surface area contributed by atoms with Crippen LogP contribution >= 0.6 is 0 Å². The van der Waals surface area contributed by atoms with Gasteiger partial charge in [-0.3, -0.25) is 4.79 Å². The number of amides is 3. The zero-order valence-corrected chi connectivity index (χ0v) is 20.0.